The monoisotopic (exact) mass is 383 g/mol. The molecule has 26 heavy (non-hydrogen) atoms. The van der Waals surface area contributed by atoms with E-state index in [9.17, 15) is 18.5 Å². The number of nitro benzene ring substituents is 1. The molecule has 2 aliphatic heterocycles. The lowest BCUT2D eigenvalue weighted by molar-refractivity contribution is -0.385. The second-order valence-electron chi connectivity index (χ2n) is 7.04. The normalized spacial score (nSPS) is 25.2. The third-order valence-corrected chi connectivity index (χ3v) is 6.78. The molecule has 1 aromatic rings. The highest BCUT2D eigenvalue weighted by Gasteiger charge is 2.33. The molecule has 3 rings (SSSR count). The quantitative estimate of drug-likeness (QED) is 0.585. The molecule has 2 heterocycles. The van der Waals surface area contributed by atoms with E-state index in [4.69, 9.17) is 4.74 Å². The number of benzene rings is 1. The minimum atomic E-state index is -3.79. The number of piperidine rings is 1. The first-order valence-electron chi connectivity index (χ1n) is 8.98. The predicted octanol–water partition coefficient (Wildman–Crippen LogP) is 2.38. The Hall–Kier alpha value is -1.71. The van der Waals surface area contributed by atoms with Gasteiger partial charge in [-0.25, -0.2) is 8.42 Å². The summed E-state index contributed by atoms with van der Waals surface area (Å²) in [6.45, 7) is 5.88. The second-order valence-corrected chi connectivity index (χ2v) is 8.94. The zero-order valence-corrected chi connectivity index (χ0v) is 15.9. The third kappa shape index (κ3) is 3.84. The van der Waals surface area contributed by atoms with Crippen LogP contribution >= 0.6 is 0 Å². The first kappa shape index (κ1) is 19.1. The lowest BCUT2D eigenvalue weighted by Gasteiger charge is -2.38. The number of nitro groups is 1. The number of non-ortho nitro benzene ring substituents is 1. The van der Waals surface area contributed by atoms with E-state index in [0.29, 0.717) is 31.9 Å². The van der Waals surface area contributed by atoms with Gasteiger partial charge in [0, 0.05) is 38.3 Å². The second kappa shape index (κ2) is 7.50. The summed E-state index contributed by atoms with van der Waals surface area (Å²) in [7, 11) is -3.79. The average Bonchev–Trinajstić information content (AvgIpc) is 2.61. The highest BCUT2D eigenvalue weighted by molar-refractivity contribution is 7.89. The number of nitrogens with zero attached hydrogens (tertiary/aromatic N) is 3. The van der Waals surface area contributed by atoms with Crippen LogP contribution < -0.4 is 4.90 Å². The van der Waals surface area contributed by atoms with Crippen LogP contribution in [0.5, 0.6) is 0 Å². The Balaban J connectivity index is 2.05. The molecule has 2 aliphatic rings. The van der Waals surface area contributed by atoms with E-state index in [2.05, 4.69) is 0 Å². The summed E-state index contributed by atoms with van der Waals surface area (Å²) in [5.74, 6) is 0. The fourth-order valence-corrected chi connectivity index (χ4v) is 5.45. The summed E-state index contributed by atoms with van der Waals surface area (Å²) >= 11 is 0. The fourth-order valence-electron chi connectivity index (χ4n) is 3.70. The maximum Gasteiger partial charge on any atom is 0.270 e. The molecule has 0 N–H and O–H groups in total. The molecule has 0 amide bonds. The van der Waals surface area contributed by atoms with Crippen LogP contribution in [0.3, 0.4) is 0 Å². The van der Waals surface area contributed by atoms with Crippen LogP contribution in [-0.4, -0.2) is 56.0 Å². The van der Waals surface area contributed by atoms with Crippen LogP contribution in [0.25, 0.3) is 0 Å². The topological polar surface area (TPSA) is 93.0 Å². The van der Waals surface area contributed by atoms with E-state index < -0.39 is 14.9 Å². The fraction of sp³-hybridized carbons (Fsp3) is 0.647. The van der Waals surface area contributed by atoms with E-state index in [0.717, 1.165) is 19.3 Å². The summed E-state index contributed by atoms with van der Waals surface area (Å²) in [4.78, 5) is 12.6. The summed E-state index contributed by atoms with van der Waals surface area (Å²) in [5.41, 5.74) is 0.307. The Morgan fingerprint density at radius 1 is 1.12 bits per heavy atom. The molecular formula is C17H25N3O5S. The van der Waals surface area contributed by atoms with Crippen molar-refractivity contribution in [2.24, 2.45) is 0 Å². The summed E-state index contributed by atoms with van der Waals surface area (Å²) < 4.78 is 33.7. The van der Waals surface area contributed by atoms with Gasteiger partial charge < -0.3 is 9.64 Å². The number of rotatable bonds is 4. The van der Waals surface area contributed by atoms with Gasteiger partial charge in [-0.2, -0.15) is 4.31 Å². The van der Waals surface area contributed by atoms with E-state index in [1.165, 1.54) is 16.4 Å². The highest BCUT2D eigenvalue weighted by Crippen LogP contribution is 2.34. The lowest BCUT2D eigenvalue weighted by Crippen LogP contribution is -2.46. The van der Waals surface area contributed by atoms with Crippen molar-refractivity contribution in [2.75, 3.05) is 31.1 Å². The molecule has 0 saturated carbocycles. The van der Waals surface area contributed by atoms with Crippen LogP contribution in [0.4, 0.5) is 11.4 Å². The molecule has 2 atom stereocenters. The third-order valence-electron chi connectivity index (χ3n) is 4.85. The molecular weight excluding hydrogens is 358 g/mol. The zero-order chi connectivity index (χ0) is 18.9. The summed E-state index contributed by atoms with van der Waals surface area (Å²) in [5, 5.41) is 11.2. The van der Waals surface area contributed by atoms with Crippen LogP contribution in [0, 0.1) is 10.1 Å². The molecule has 9 heteroatoms. The van der Waals surface area contributed by atoms with Crippen molar-refractivity contribution >= 4 is 21.4 Å². The number of sulfonamides is 1. The SMILES string of the molecule is C[C@@H]1CN(c2ccc([N+](=O)[O-])cc2S(=O)(=O)N2CCCCC2)C[C@H](C)O1. The zero-order valence-electron chi connectivity index (χ0n) is 15.1. The van der Waals surface area contributed by atoms with Gasteiger partial charge in [0.1, 0.15) is 4.90 Å². The van der Waals surface area contributed by atoms with Crippen molar-refractivity contribution in [3.05, 3.63) is 28.3 Å². The Morgan fingerprint density at radius 3 is 2.31 bits per heavy atom. The Kier molecular flexibility index (Phi) is 5.50. The first-order chi connectivity index (χ1) is 12.3. The Labute approximate surface area is 153 Å². The van der Waals surface area contributed by atoms with Gasteiger partial charge in [-0.3, -0.25) is 10.1 Å². The molecule has 2 fully saturated rings. The molecule has 8 nitrogen and oxygen atoms in total. The Bertz CT molecular complexity index is 767. The number of ether oxygens (including phenoxy) is 1. The van der Waals surface area contributed by atoms with Crippen molar-refractivity contribution in [1.29, 1.82) is 0 Å². The number of anilines is 1. The van der Waals surface area contributed by atoms with Gasteiger partial charge in [0.05, 0.1) is 22.8 Å². The van der Waals surface area contributed by atoms with Crippen molar-refractivity contribution in [2.45, 2.75) is 50.2 Å². The van der Waals surface area contributed by atoms with Gasteiger partial charge in [0.15, 0.2) is 0 Å². The number of morpholine rings is 1. The number of hydrogen-bond donors (Lipinski definition) is 0. The van der Waals surface area contributed by atoms with Crippen molar-refractivity contribution in [3.8, 4) is 0 Å². The van der Waals surface area contributed by atoms with Crippen LogP contribution in [0.15, 0.2) is 23.1 Å². The van der Waals surface area contributed by atoms with E-state index >= 15 is 0 Å². The molecule has 0 unspecified atom stereocenters. The minimum absolute atomic E-state index is 0.0231. The summed E-state index contributed by atoms with van der Waals surface area (Å²) in [6.07, 6.45) is 2.55. The minimum Gasteiger partial charge on any atom is -0.372 e. The van der Waals surface area contributed by atoms with E-state index in [1.54, 1.807) is 6.07 Å². The summed E-state index contributed by atoms with van der Waals surface area (Å²) in [6, 6.07) is 4.12. The van der Waals surface area contributed by atoms with Gasteiger partial charge in [-0.05, 0) is 32.8 Å². The van der Waals surface area contributed by atoms with Gasteiger partial charge in [-0.15, -0.1) is 0 Å². The first-order valence-corrected chi connectivity index (χ1v) is 10.4. The Morgan fingerprint density at radius 2 is 1.73 bits per heavy atom. The van der Waals surface area contributed by atoms with Gasteiger partial charge in [-0.1, -0.05) is 6.42 Å². The smallest absolute Gasteiger partial charge is 0.270 e. The maximum absolute atomic E-state index is 13.2. The molecule has 2 saturated heterocycles. The predicted molar refractivity (Wildman–Crippen MR) is 97.9 cm³/mol. The largest absolute Gasteiger partial charge is 0.372 e. The van der Waals surface area contributed by atoms with Crippen LogP contribution in [0.2, 0.25) is 0 Å². The van der Waals surface area contributed by atoms with Crippen LogP contribution in [0.1, 0.15) is 33.1 Å². The van der Waals surface area contributed by atoms with Gasteiger partial charge >= 0.3 is 0 Å². The van der Waals surface area contributed by atoms with Gasteiger partial charge in [0.25, 0.3) is 5.69 Å². The molecule has 1 aromatic carbocycles. The molecule has 0 spiro atoms. The molecule has 0 aliphatic carbocycles. The lowest BCUT2D eigenvalue weighted by atomic mass is 10.2. The van der Waals surface area contributed by atoms with Crippen LogP contribution in [-0.2, 0) is 14.8 Å². The van der Waals surface area contributed by atoms with Crippen molar-refractivity contribution < 1.29 is 18.1 Å². The molecule has 144 valence electrons. The standard InChI is InChI=1S/C17H25N3O5S/c1-13-11-18(12-14(2)25-13)16-7-6-15(20(21)22)10-17(16)26(23,24)19-8-4-3-5-9-19/h6-7,10,13-14H,3-5,8-9,11-12H2,1-2H3/t13-,14+. The number of hydrogen-bond acceptors (Lipinski definition) is 6. The molecule has 0 bridgehead atoms. The van der Waals surface area contributed by atoms with Crippen molar-refractivity contribution in [3.63, 3.8) is 0 Å². The van der Waals surface area contributed by atoms with E-state index in [-0.39, 0.29) is 22.8 Å². The molecule has 0 radical (unpaired) electrons. The highest BCUT2D eigenvalue weighted by atomic mass is 32.2. The maximum atomic E-state index is 13.2. The average molecular weight is 383 g/mol. The van der Waals surface area contributed by atoms with E-state index in [1.807, 2.05) is 18.7 Å². The van der Waals surface area contributed by atoms with Gasteiger partial charge in [0.2, 0.25) is 10.0 Å². The van der Waals surface area contributed by atoms with Crippen molar-refractivity contribution in [1.82, 2.24) is 4.31 Å². The molecule has 0 aromatic heterocycles.